The third-order valence-electron chi connectivity index (χ3n) is 2.72. The lowest BCUT2D eigenvalue weighted by atomic mass is 10.2. The standard InChI is InChI=1S/C13H18N4O4S/c1-20-10-12-16-13(21-17-12)7-8-14-22(18,19)15-9-11-5-3-2-4-6-11/h2-6,14-15H,7-10H2,1H3. The minimum absolute atomic E-state index is 0.165. The zero-order valence-corrected chi connectivity index (χ0v) is 13.0. The van der Waals surface area contributed by atoms with Gasteiger partial charge in [0.1, 0.15) is 6.61 Å². The van der Waals surface area contributed by atoms with Crippen LogP contribution in [-0.2, 0) is 34.5 Å². The van der Waals surface area contributed by atoms with Crippen molar-refractivity contribution in [3.8, 4) is 0 Å². The summed E-state index contributed by atoms with van der Waals surface area (Å²) in [6, 6.07) is 9.27. The van der Waals surface area contributed by atoms with Crippen molar-refractivity contribution in [2.24, 2.45) is 0 Å². The Morgan fingerprint density at radius 3 is 2.73 bits per heavy atom. The van der Waals surface area contributed by atoms with E-state index in [1.807, 2.05) is 30.3 Å². The van der Waals surface area contributed by atoms with Gasteiger partial charge in [0.25, 0.3) is 10.2 Å². The van der Waals surface area contributed by atoms with E-state index in [-0.39, 0.29) is 19.7 Å². The van der Waals surface area contributed by atoms with E-state index in [1.54, 1.807) is 0 Å². The molecule has 1 aromatic heterocycles. The van der Waals surface area contributed by atoms with Crippen LogP contribution >= 0.6 is 0 Å². The Labute approximate surface area is 129 Å². The van der Waals surface area contributed by atoms with Crippen molar-refractivity contribution in [1.29, 1.82) is 0 Å². The predicted octanol–water partition coefficient (Wildman–Crippen LogP) is 0.383. The Morgan fingerprint density at radius 2 is 2.00 bits per heavy atom. The second-order valence-electron chi connectivity index (χ2n) is 4.49. The van der Waals surface area contributed by atoms with Crippen molar-refractivity contribution >= 4 is 10.2 Å². The molecule has 0 aliphatic heterocycles. The molecule has 0 aliphatic rings. The van der Waals surface area contributed by atoms with Gasteiger partial charge in [-0.05, 0) is 5.56 Å². The number of benzene rings is 1. The van der Waals surface area contributed by atoms with Gasteiger partial charge in [-0.3, -0.25) is 0 Å². The molecule has 22 heavy (non-hydrogen) atoms. The number of nitrogens with zero attached hydrogens (tertiary/aromatic N) is 2. The molecule has 1 heterocycles. The quantitative estimate of drug-likeness (QED) is 0.690. The van der Waals surface area contributed by atoms with Crippen LogP contribution in [0.25, 0.3) is 0 Å². The van der Waals surface area contributed by atoms with Crippen LogP contribution in [0.4, 0.5) is 0 Å². The van der Waals surface area contributed by atoms with Crippen LogP contribution in [-0.4, -0.2) is 32.2 Å². The van der Waals surface area contributed by atoms with Crippen molar-refractivity contribution in [1.82, 2.24) is 19.6 Å². The largest absolute Gasteiger partial charge is 0.377 e. The summed E-state index contributed by atoms with van der Waals surface area (Å²) in [5.74, 6) is 0.792. The van der Waals surface area contributed by atoms with Crippen molar-refractivity contribution < 1.29 is 17.7 Å². The zero-order valence-electron chi connectivity index (χ0n) is 12.2. The second kappa shape index (κ2) is 7.99. The SMILES string of the molecule is COCc1noc(CCNS(=O)(=O)NCc2ccccc2)n1. The van der Waals surface area contributed by atoms with Gasteiger partial charge in [0.15, 0.2) is 5.82 Å². The minimum Gasteiger partial charge on any atom is -0.377 e. The molecule has 1 aromatic carbocycles. The van der Waals surface area contributed by atoms with Gasteiger partial charge in [0.2, 0.25) is 5.89 Å². The fourth-order valence-corrected chi connectivity index (χ4v) is 2.53. The molecule has 0 aliphatic carbocycles. The maximum Gasteiger partial charge on any atom is 0.277 e. The summed E-state index contributed by atoms with van der Waals surface area (Å²) in [6.45, 7) is 0.654. The molecule has 0 saturated carbocycles. The Hall–Kier alpha value is -1.81. The molecule has 8 nitrogen and oxygen atoms in total. The molecule has 0 unspecified atom stereocenters. The van der Waals surface area contributed by atoms with E-state index in [0.29, 0.717) is 18.1 Å². The Bertz CT molecular complexity index is 672. The Kier molecular flexibility index (Phi) is 6.01. The summed E-state index contributed by atoms with van der Waals surface area (Å²) in [5.41, 5.74) is 0.883. The molecule has 0 fully saturated rings. The Balaban J connectivity index is 1.74. The number of rotatable bonds is 9. The number of nitrogens with one attached hydrogen (secondary N) is 2. The van der Waals surface area contributed by atoms with Gasteiger partial charge in [-0.2, -0.15) is 18.1 Å². The average Bonchev–Trinajstić information content (AvgIpc) is 2.94. The topological polar surface area (TPSA) is 106 Å². The minimum atomic E-state index is -3.57. The monoisotopic (exact) mass is 326 g/mol. The summed E-state index contributed by atoms with van der Waals surface area (Å²) in [4.78, 5) is 4.06. The summed E-state index contributed by atoms with van der Waals surface area (Å²) >= 11 is 0. The van der Waals surface area contributed by atoms with E-state index in [0.717, 1.165) is 5.56 Å². The summed E-state index contributed by atoms with van der Waals surface area (Å²) in [6.07, 6.45) is 0.308. The molecule has 0 bridgehead atoms. The van der Waals surface area contributed by atoms with E-state index < -0.39 is 10.2 Å². The first-order valence-corrected chi connectivity index (χ1v) is 8.16. The van der Waals surface area contributed by atoms with Crippen LogP contribution in [0.1, 0.15) is 17.3 Å². The second-order valence-corrected chi connectivity index (χ2v) is 6.08. The fourth-order valence-electron chi connectivity index (χ4n) is 1.70. The van der Waals surface area contributed by atoms with Gasteiger partial charge in [-0.25, -0.2) is 4.72 Å². The van der Waals surface area contributed by atoms with Gasteiger partial charge < -0.3 is 9.26 Å². The molecule has 0 radical (unpaired) electrons. The molecule has 0 atom stereocenters. The molecular formula is C13H18N4O4S. The number of hydrogen-bond donors (Lipinski definition) is 2. The Morgan fingerprint density at radius 1 is 1.23 bits per heavy atom. The lowest BCUT2D eigenvalue weighted by Crippen LogP contribution is -2.37. The molecule has 0 saturated heterocycles. The van der Waals surface area contributed by atoms with Crippen LogP contribution in [0.3, 0.4) is 0 Å². The maximum absolute atomic E-state index is 11.8. The number of methoxy groups -OCH3 is 1. The summed E-state index contributed by atoms with van der Waals surface area (Å²) in [5, 5.41) is 3.69. The normalized spacial score (nSPS) is 11.7. The highest BCUT2D eigenvalue weighted by atomic mass is 32.2. The third-order valence-corrected chi connectivity index (χ3v) is 3.83. The fraction of sp³-hybridized carbons (Fsp3) is 0.385. The number of ether oxygens (including phenoxy) is 1. The molecular weight excluding hydrogens is 308 g/mol. The van der Waals surface area contributed by atoms with Crippen molar-refractivity contribution in [2.75, 3.05) is 13.7 Å². The van der Waals surface area contributed by atoms with Crippen LogP contribution in [0.5, 0.6) is 0 Å². The van der Waals surface area contributed by atoms with Gasteiger partial charge in [-0.1, -0.05) is 35.5 Å². The van der Waals surface area contributed by atoms with Crippen LogP contribution in [0, 0.1) is 0 Å². The molecule has 2 N–H and O–H groups in total. The number of aromatic nitrogens is 2. The molecule has 0 spiro atoms. The molecule has 120 valence electrons. The van der Waals surface area contributed by atoms with Crippen molar-refractivity contribution in [3.63, 3.8) is 0 Å². The van der Waals surface area contributed by atoms with Crippen LogP contribution < -0.4 is 9.44 Å². The maximum atomic E-state index is 11.8. The highest BCUT2D eigenvalue weighted by Gasteiger charge is 2.11. The van der Waals surface area contributed by atoms with Crippen LogP contribution in [0.15, 0.2) is 34.9 Å². The van der Waals surface area contributed by atoms with E-state index in [2.05, 4.69) is 19.6 Å². The smallest absolute Gasteiger partial charge is 0.277 e. The predicted molar refractivity (Wildman–Crippen MR) is 78.9 cm³/mol. The first kappa shape index (κ1) is 16.6. The zero-order chi connectivity index (χ0) is 15.8. The van der Waals surface area contributed by atoms with Gasteiger partial charge >= 0.3 is 0 Å². The first-order valence-electron chi connectivity index (χ1n) is 6.67. The highest BCUT2D eigenvalue weighted by Crippen LogP contribution is 2.00. The summed E-state index contributed by atoms with van der Waals surface area (Å²) < 4.78 is 38.3. The first-order chi connectivity index (χ1) is 10.6. The van der Waals surface area contributed by atoms with Gasteiger partial charge in [0, 0.05) is 26.6 Å². The van der Waals surface area contributed by atoms with Gasteiger partial charge in [0.05, 0.1) is 0 Å². The average molecular weight is 326 g/mol. The van der Waals surface area contributed by atoms with E-state index in [9.17, 15) is 8.42 Å². The third kappa shape index (κ3) is 5.53. The number of hydrogen-bond acceptors (Lipinski definition) is 6. The lowest BCUT2D eigenvalue weighted by Gasteiger charge is -2.07. The molecule has 2 aromatic rings. The lowest BCUT2D eigenvalue weighted by molar-refractivity contribution is 0.174. The summed E-state index contributed by atoms with van der Waals surface area (Å²) in [7, 11) is -2.04. The molecule has 9 heteroatoms. The van der Waals surface area contributed by atoms with Crippen LogP contribution in [0.2, 0.25) is 0 Å². The molecule has 0 amide bonds. The van der Waals surface area contributed by atoms with Gasteiger partial charge in [-0.15, -0.1) is 0 Å². The molecule has 2 rings (SSSR count). The highest BCUT2D eigenvalue weighted by molar-refractivity contribution is 7.87. The van der Waals surface area contributed by atoms with E-state index >= 15 is 0 Å². The van der Waals surface area contributed by atoms with Crippen molar-refractivity contribution in [3.05, 3.63) is 47.6 Å². The van der Waals surface area contributed by atoms with E-state index in [4.69, 9.17) is 9.26 Å². The van der Waals surface area contributed by atoms with Crippen molar-refractivity contribution in [2.45, 2.75) is 19.6 Å². The van der Waals surface area contributed by atoms with E-state index in [1.165, 1.54) is 7.11 Å².